The molecule has 1 heteroatoms. The fraction of sp³-hybridized carbons (Fsp3) is 0.316. The van der Waals surface area contributed by atoms with Crippen molar-refractivity contribution >= 4 is 6.29 Å². The van der Waals surface area contributed by atoms with E-state index in [2.05, 4.69) is 36.4 Å². The molecule has 0 fully saturated rings. The fourth-order valence-corrected chi connectivity index (χ4v) is 2.25. The maximum Gasteiger partial charge on any atom is 0.120 e. The van der Waals surface area contributed by atoms with E-state index in [1.807, 2.05) is 38.1 Å². The van der Waals surface area contributed by atoms with Crippen molar-refractivity contribution in [1.29, 1.82) is 0 Å². The first-order chi connectivity index (χ1) is 9.90. The van der Waals surface area contributed by atoms with Crippen LogP contribution in [-0.2, 0) is 11.2 Å². The summed E-state index contributed by atoms with van der Waals surface area (Å²) in [5.41, 5.74) is 2.60. The summed E-state index contributed by atoms with van der Waals surface area (Å²) in [7, 11) is 0. The van der Waals surface area contributed by atoms with E-state index in [0.29, 0.717) is 12.3 Å². The van der Waals surface area contributed by atoms with Gasteiger partial charge in [0.1, 0.15) is 6.29 Å². The van der Waals surface area contributed by atoms with Gasteiger partial charge in [-0.05, 0) is 29.9 Å². The number of hydrogen-bond acceptors (Lipinski definition) is 1. The Morgan fingerprint density at radius 3 is 2.00 bits per heavy atom. The lowest BCUT2D eigenvalue weighted by Crippen LogP contribution is -2.01. The Labute approximate surface area is 122 Å². The predicted molar refractivity (Wildman–Crippen MR) is 86.0 cm³/mol. The van der Waals surface area contributed by atoms with Crippen molar-refractivity contribution in [3.8, 4) is 0 Å². The molecule has 0 amide bonds. The number of rotatable bonds is 6. The quantitative estimate of drug-likeness (QED) is 0.672. The highest BCUT2D eigenvalue weighted by Gasteiger charge is 2.10. The molecule has 1 nitrogen and oxygen atoms in total. The number of aldehydes is 1. The Kier molecular flexibility index (Phi) is 8.05. The number of carbonyl (C=O) groups is 1. The van der Waals surface area contributed by atoms with E-state index in [-0.39, 0.29) is 0 Å². The first-order valence-corrected chi connectivity index (χ1v) is 7.42. The second-order valence-electron chi connectivity index (χ2n) is 4.53. The maximum atomic E-state index is 10.8. The number of carbonyl (C=O) groups excluding carboxylic acids is 1. The van der Waals surface area contributed by atoms with Crippen LogP contribution in [-0.4, -0.2) is 6.29 Å². The standard InChI is InChI=1S/C17H18O.C2H6/c18-14-13-17(16-9-5-2-6-10-16)12-11-15-7-3-1-4-8-15;1-2/h1-10,14,17H,11-13H2;1-2H3. The molecule has 0 aliphatic rings. The third kappa shape index (κ3) is 5.40. The highest BCUT2D eigenvalue weighted by molar-refractivity contribution is 5.51. The van der Waals surface area contributed by atoms with E-state index in [4.69, 9.17) is 0 Å². The van der Waals surface area contributed by atoms with Crippen LogP contribution < -0.4 is 0 Å². The molecule has 0 saturated carbocycles. The van der Waals surface area contributed by atoms with Gasteiger partial charge in [-0.2, -0.15) is 0 Å². The number of benzene rings is 2. The Bertz CT molecular complexity index is 462. The van der Waals surface area contributed by atoms with Crippen molar-refractivity contribution in [3.05, 3.63) is 71.8 Å². The maximum absolute atomic E-state index is 10.8. The highest BCUT2D eigenvalue weighted by atomic mass is 16.1. The normalized spacial score (nSPS) is 11.1. The molecule has 2 aromatic rings. The molecule has 20 heavy (non-hydrogen) atoms. The third-order valence-electron chi connectivity index (χ3n) is 3.28. The van der Waals surface area contributed by atoms with Crippen molar-refractivity contribution in [2.75, 3.05) is 0 Å². The Morgan fingerprint density at radius 2 is 1.45 bits per heavy atom. The molecule has 0 aliphatic heterocycles. The summed E-state index contributed by atoms with van der Waals surface area (Å²) in [5.74, 6) is 0.337. The summed E-state index contributed by atoms with van der Waals surface area (Å²) in [6.45, 7) is 4.00. The Morgan fingerprint density at radius 1 is 0.900 bits per heavy atom. The number of hydrogen-bond donors (Lipinski definition) is 0. The molecule has 0 aliphatic carbocycles. The van der Waals surface area contributed by atoms with Gasteiger partial charge in [-0.15, -0.1) is 0 Å². The second-order valence-corrected chi connectivity index (χ2v) is 4.53. The van der Waals surface area contributed by atoms with Gasteiger partial charge in [0.25, 0.3) is 0 Å². The Balaban J connectivity index is 0.000000956. The molecule has 0 aromatic heterocycles. The topological polar surface area (TPSA) is 17.1 Å². The van der Waals surface area contributed by atoms with Crippen LogP contribution in [0.3, 0.4) is 0 Å². The van der Waals surface area contributed by atoms with Crippen LogP contribution in [0.5, 0.6) is 0 Å². The van der Waals surface area contributed by atoms with Crippen molar-refractivity contribution in [1.82, 2.24) is 0 Å². The minimum absolute atomic E-state index is 0.337. The number of aryl methyl sites for hydroxylation is 1. The predicted octanol–water partition coefficient (Wildman–Crippen LogP) is 5.02. The van der Waals surface area contributed by atoms with Gasteiger partial charge in [-0.25, -0.2) is 0 Å². The molecule has 2 aromatic carbocycles. The van der Waals surface area contributed by atoms with Gasteiger partial charge < -0.3 is 4.79 Å². The minimum Gasteiger partial charge on any atom is -0.303 e. The summed E-state index contributed by atoms with van der Waals surface area (Å²) >= 11 is 0. The van der Waals surface area contributed by atoms with Gasteiger partial charge in [0.15, 0.2) is 0 Å². The molecule has 0 N–H and O–H groups in total. The lowest BCUT2D eigenvalue weighted by molar-refractivity contribution is -0.108. The third-order valence-corrected chi connectivity index (χ3v) is 3.28. The highest BCUT2D eigenvalue weighted by Crippen LogP contribution is 2.24. The van der Waals surface area contributed by atoms with Gasteiger partial charge >= 0.3 is 0 Å². The lowest BCUT2D eigenvalue weighted by atomic mass is 9.90. The minimum atomic E-state index is 0.337. The molecular formula is C19H24O. The van der Waals surface area contributed by atoms with Gasteiger partial charge in [-0.1, -0.05) is 74.5 Å². The van der Waals surface area contributed by atoms with Crippen molar-refractivity contribution in [2.45, 2.75) is 39.0 Å². The van der Waals surface area contributed by atoms with E-state index in [9.17, 15) is 4.79 Å². The van der Waals surface area contributed by atoms with E-state index >= 15 is 0 Å². The zero-order valence-corrected chi connectivity index (χ0v) is 12.5. The van der Waals surface area contributed by atoms with Crippen molar-refractivity contribution in [2.24, 2.45) is 0 Å². The molecule has 0 heterocycles. The fourth-order valence-electron chi connectivity index (χ4n) is 2.25. The second kappa shape index (κ2) is 9.96. The molecule has 0 spiro atoms. The first kappa shape index (κ1) is 16.2. The molecule has 0 radical (unpaired) electrons. The van der Waals surface area contributed by atoms with Crippen LogP contribution in [0.2, 0.25) is 0 Å². The average molecular weight is 268 g/mol. The van der Waals surface area contributed by atoms with E-state index < -0.39 is 0 Å². The molecule has 0 saturated heterocycles. The van der Waals surface area contributed by atoms with Gasteiger partial charge in [0, 0.05) is 6.42 Å². The SMILES string of the molecule is CC.O=CCC(CCc1ccccc1)c1ccccc1. The van der Waals surface area contributed by atoms with E-state index in [1.54, 1.807) is 0 Å². The lowest BCUT2D eigenvalue weighted by Gasteiger charge is -2.14. The average Bonchev–Trinajstić information content (AvgIpc) is 2.55. The van der Waals surface area contributed by atoms with Crippen LogP contribution in [0.25, 0.3) is 0 Å². The molecule has 1 atom stereocenters. The summed E-state index contributed by atoms with van der Waals surface area (Å²) in [4.78, 5) is 10.8. The molecule has 2 rings (SSSR count). The van der Waals surface area contributed by atoms with Gasteiger partial charge in [0.2, 0.25) is 0 Å². The van der Waals surface area contributed by atoms with Crippen LogP contribution in [0, 0.1) is 0 Å². The van der Waals surface area contributed by atoms with Gasteiger partial charge in [0.05, 0.1) is 0 Å². The summed E-state index contributed by atoms with van der Waals surface area (Å²) in [6, 6.07) is 20.7. The zero-order chi connectivity index (χ0) is 14.6. The van der Waals surface area contributed by atoms with Crippen LogP contribution in [0.1, 0.15) is 43.7 Å². The largest absolute Gasteiger partial charge is 0.303 e. The van der Waals surface area contributed by atoms with Gasteiger partial charge in [-0.3, -0.25) is 0 Å². The summed E-state index contributed by atoms with van der Waals surface area (Å²) in [5, 5.41) is 0. The molecule has 1 unspecified atom stereocenters. The van der Waals surface area contributed by atoms with Crippen molar-refractivity contribution < 1.29 is 4.79 Å². The zero-order valence-electron chi connectivity index (χ0n) is 12.5. The first-order valence-electron chi connectivity index (χ1n) is 7.42. The van der Waals surface area contributed by atoms with Crippen LogP contribution in [0.15, 0.2) is 60.7 Å². The smallest absolute Gasteiger partial charge is 0.120 e. The molecule has 0 bridgehead atoms. The Hall–Kier alpha value is -1.89. The van der Waals surface area contributed by atoms with Crippen LogP contribution >= 0.6 is 0 Å². The van der Waals surface area contributed by atoms with E-state index in [1.165, 1.54) is 11.1 Å². The summed E-state index contributed by atoms with van der Waals surface area (Å²) in [6.07, 6.45) is 3.68. The monoisotopic (exact) mass is 268 g/mol. The van der Waals surface area contributed by atoms with Crippen molar-refractivity contribution in [3.63, 3.8) is 0 Å². The summed E-state index contributed by atoms with van der Waals surface area (Å²) < 4.78 is 0. The van der Waals surface area contributed by atoms with Crippen LogP contribution in [0.4, 0.5) is 0 Å². The van der Waals surface area contributed by atoms with E-state index in [0.717, 1.165) is 19.1 Å². The molecule has 106 valence electrons. The molecular weight excluding hydrogens is 244 g/mol.